The highest BCUT2D eigenvalue weighted by molar-refractivity contribution is 6.30. The lowest BCUT2D eigenvalue weighted by Gasteiger charge is -2.07. The quantitative estimate of drug-likeness (QED) is 0.492. The highest BCUT2D eigenvalue weighted by atomic mass is 35.5. The van der Waals surface area contributed by atoms with Gasteiger partial charge in [0.25, 0.3) is 11.2 Å². The summed E-state index contributed by atoms with van der Waals surface area (Å²) in [4.78, 5) is 26.7. The van der Waals surface area contributed by atoms with E-state index in [1.807, 2.05) is 6.92 Å². The minimum absolute atomic E-state index is 0.110. The minimum Gasteiger partial charge on any atom is -0.269 e. The van der Waals surface area contributed by atoms with Crippen molar-refractivity contribution in [3.63, 3.8) is 0 Å². The Balaban J connectivity index is 2.83. The molecule has 0 aliphatic carbocycles. The number of pyridine rings is 1. The van der Waals surface area contributed by atoms with Crippen molar-refractivity contribution in [1.82, 2.24) is 9.38 Å². The van der Waals surface area contributed by atoms with E-state index in [4.69, 9.17) is 11.6 Å². The normalized spacial score (nSPS) is 10.9. The molecule has 0 amide bonds. The van der Waals surface area contributed by atoms with Crippen molar-refractivity contribution in [3.8, 4) is 0 Å². The standard InChI is InChI=1S/C12H12ClN3O3/c1-3-4-8-11(13)14-10-5-7(2)9(16(18)19)6-15(10)12(8)17/h5-6H,3-4H2,1-2H3. The first-order valence-electron chi connectivity index (χ1n) is 5.81. The SMILES string of the molecule is CCCc1c(Cl)nc2cc(C)c([N+](=O)[O-])cn2c1=O. The van der Waals surface area contributed by atoms with Gasteiger partial charge in [-0.05, 0) is 19.4 Å². The molecule has 2 heterocycles. The van der Waals surface area contributed by atoms with Gasteiger partial charge in [-0.1, -0.05) is 24.9 Å². The molecule has 2 aromatic rings. The van der Waals surface area contributed by atoms with E-state index in [1.54, 1.807) is 6.92 Å². The van der Waals surface area contributed by atoms with Gasteiger partial charge in [-0.25, -0.2) is 4.98 Å². The summed E-state index contributed by atoms with van der Waals surface area (Å²) < 4.78 is 1.18. The fourth-order valence-corrected chi connectivity index (χ4v) is 2.19. The second kappa shape index (κ2) is 4.97. The molecular weight excluding hydrogens is 270 g/mol. The summed E-state index contributed by atoms with van der Waals surface area (Å²) in [6, 6.07) is 1.49. The number of halogens is 1. The molecule has 0 bridgehead atoms. The average molecular weight is 282 g/mol. The number of fused-ring (bicyclic) bond motifs is 1. The maximum Gasteiger partial charge on any atom is 0.289 e. The zero-order chi connectivity index (χ0) is 14.2. The lowest BCUT2D eigenvalue weighted by molar-refractivity contribution is -0.385. The van der Waals surface area contributed by atoms with Crippen molar-refractivity contribution in [2.75, 3.05) is 0 Å². The maximum atomic E-state index is 12.2. The Bertz CT molecular complexity index is 724. The topological polar surface area (TPSA) is 77.5 Å². The number of aromatic nitrogens is 2. The van der Waals surface area contributed by atoms with Crippen molar-refractivity contribution in [3.05, 3.63) is 49.0 Å². The van der Waals surface area contributed by atoms with Gasteiger partial charge in [-0.3, -0.25) is 19.3 Å². The molecule has 0 atom stereocenters. The van der Waals surface area contributed by atoms with Crippen LogP contribution in [-0.4, -0.2) is 14.3 Å². The van der Waals surface area contributed by atoms with Crippen LogP contribution in [0.25, 0.3) is 5.65 Å². The lowest BCUT2D eigenvalue weighted by Crippen LogP contribution is -2.20. The third kappa shape index (κ3) is 2.31. The zero-order valence-corrected chi connectivity index (χ0v) is 11.3. The molecule has 0 saturated carbocycles. The first kappa shape index (κ1) is 13.5. The molecule has 0 aromatic carbocycles. The van der Waals surface area contributed by atoms with Crippen LogP contribution in [0.4, 0.5) is 5.69 Å². The van der Waals surface area contributed by atoms with Gasteiger partial charge >= 0.3 is 0 Å². The van der Waals surface area contributed by atoms with Crippen molar-refractivity contribution < 1.29 is 4.92 Å². The number of aryl methyl sites for hydroxylation is 1. The lowest BCUT2D eigenvalue weighted by atomic mass is 10.2. The number of hydrogen-bond acceptors (Lipinski definition) is 4. The second-order valence-electron chi connectivity index (χ2n) is 4.26. The van der Waals surface area contributed by atoms with Crippen molar-refractivity contribution in [2.45, 2.75) is 26.7 Å². The van der Waals surface area contributed by atoms with Gasteiger partial charge < -0.3 is 0 Å². The highest BCUT2D eigenvalue weighted by Crippen LogP contribution is 2.20. The van der Waals surface area contributed by atoms with Crippen molar-refractivity contribution in [2.24, 2.45) is 0 Å². The predicted octanol–water partition coefficient (Wildman–Crippen LogP) is 2.52. The molecule has 6 nitrogen and oxygen atoms in total. The number of nitrogens with zero attached hydrogens (tertiary/aromatic N) is 3. The Morgan fingerprint density at radius 3 is 2.79 bits per heavy atom. The molecule has 0 N–H and O–H groups in total. The molecule has 0 spiro atoms. The van der Waals surface area contributed by atoms with Crippen LogP contribution in [0.1, 0.15) is 24.5 Å². The van der Waals surface area contributed by atoms with E-state index in [1.165, 1.54) is 16.7 Å². The number of nitro groups is 1. The van der Waals surface area contributed by atoms with Crippen LogP contribution in [-0.2, 0) is 6.42 Å². The van der Waals surface area contributed by atoms with Gasteiger partial charge in [0.1, 0.15) is 10.8 Å². The Hall–Kier alpha value is -1.95. The molecular formula is C12H12ClN3O3. The van der Waals surface area contributed by atoms with Crippen LogP contribution in [0.2, 0.25) is 5.15 Å². The molecule has 0 unspecified atom stereocenters. The van der Waals surface area contributed by atoms with E-state index < -0.39 is 4.92 Å². The summed E-state index contributed by atoms with van der Waals surface area (Å²) in [5, 5.41) is 11.1. The Kier molecular flexibility index (Phi) is 3.53. The number of rotatable bonds is 3. The van der Waals surface area contributed by atoms with Crippen LogP contribution in [0.3, 0.4) is 0 Å². The molecule has 0 fully saturated rings. The molecule has 2 aromatic heterocycles. The summed E-state index contributed by atoms with van der Waals surface area (Å²) >= 11 is 5.98. The van der Waals surface area contributed by atoms with E-state index in [0.717, 1.165) is 6.42 Å². The van der Waals surface area contributed by atoms with Gasteiger partial charge in [0, 0.05) is 5.56 Å². The fraction of sp³-hybridized carbons (Fsp3) is 0.333. The minimum atomic E-state index is -0.519. The van der Waals surface area contributed by atoms with Crippen molar-refractivity contribution >= 4 is 22.9 Å². The summed E-state index contributed by atoms with van der Waals surface area (Å²) in [6.07, 6.45) is 2.45. The molecule has 100 valence electrons. The van der Waals surface area contributed by atoms with Crippen LogP contribution in [0.15, 0.2) is 17.1 Å². The monoisotopic (exact) mass is 281 g/mol. The summed E-state index contributed by atoms with van der Waals surface area (Å²) in [7, 11) is 0. The molecule has 19 heavy (non-hydrogen) atoms. The molecule has 0 aliphatic rings. The Morgan fingerprint density at radius 2 is 2.21 bits per heavy atom. The third-order valence-corrected chi connectivity index (χ3v) is 3.20. The third-order valence-electron chi connectivity index (χ3n) is 2.88. The summed E-state index contributed by atoms with van der Waals surface area (Å²) in [5.74, 6) is 0. The fourth-order valence-electron chi connectivity index (χ4n) is 1.93. The molecule has 0 radical (unpaired) electrons. The Morgan fingerprint density at radius 1 is 1.53 bits per heavy atom. The highest BCUT2D eigenvalue weighted by Gasteiger charge is 2.16. The first-order valence-corrected chi connectivity index (χ1v) is 6.19. The van der Waals surface area contributed by atoms with Gasteiger partial charge in [-0.15, -0.1) is 0 Å². The molecule has 2 rings (SSSR count). The van der Waals surface area contributed by atoms with Crippen molar-refractivity contribution in [1.29, 1.82) is 0 Å². The zero-order valence-electron chi connectivity index (χ0n) is 10.5. The largest absolute Gasteiger partial charge is 0.289 e. The van der Waals surface area contributed by atoms with Gasteiger partial charge in [0.2, 0.25) is 0 Å². The van der Waals surface area contributed by atoms with Gasteiger partial charge in [0.15, 0.2) is 0 Å². The second-order valence-corrected chi connectivity index (χ2v) is 4.62. The van der Waals surface area contributed by atoms with E-state index in [0.29, 0.717) is 23.2 Å². The van der Waals surface area contributed by atoms with E-state index in [2.05, 4.69) is 4.98 Å². The van der Waals surface area contributed by atoms with E-state index >= 15 is 0 Å². The van der Waals surface area contributed by atoms with Crippen LogP contribution in [0, 0.1) is 17.0 Å². The summed E-state index contributed by atoms with van der Waals surface area (Å²) in [5.41, 5.74) is 0.690. The Labute approximate surface area is 113 Å². The summed E-state index contributed by atoms with van der Waals surface area (Å²) in [6.45, 7) is 3.51. The molecule has 0 aliphatic heterocycles. The van der Waals surface area contributed by atoms with E-state index in [9.17, 15) is 14.9 Å². The molecule has 0 saturated heterocycles. The first-order chi connectivity index (χ1) is 8.95. The number of hydrogen-bond donors (Lipinski definition) is 0. The average Bonchev–Trinajstić information content (AvgIpc) is 2.33. The van der Waals surface area contributed by atoms with E-state index in [-0.39, 0.29) is 16.4 Å². The molecule has 7 heteroatoms. The van der Waals surface area contributed by atoms with Crippen LogP contribution >= 0.6 is 11.6 Å². The smallest absolute Gasteiger partial charge is 0.269 e. The van der Waals surface area contributed by atoms with Gasteiger partial charge in [0.05, 0.1) is 16.7 Å². The van der Waals surface area contributed by atoms with Crippen LogP contribution < -0.4 is 5.56 Å². The van der Waals surface area contributed by atoms with Crippen LogP contribution in [0.5, 0.6) is 0 Å². The maximum absolute atomic E-state index is 12.2. The predicted molar refractivity (Wildman–Crippen MR) is 71.9 cm³/mol. The van der Waals surface area contributed by atoms with Gasteiger partial charge in [-0.2, -0.15) is 0 Å².